The van der Waals surface area contributed by atoms with Crippen LogP contribution in [0.1, 0.15) is 19.8 Å². The molecule has 3 rings (SSSR count). The molecule has 0 saturated carbocycles. The highest BCUT2D eigenvalue weighted by molar-refractivity contribution is 5.78. The second kappa shape index (κ2) is 4.98. The van der Waals surface area contributed by atoms with Crippen LogP contribution < -0.4 is 9.47 Å². The van der Waals surface area contributed by atoms with Gasteiger partial charge in [-0.1, -0.05) is 12.1 Å². The number of rotatable bonds is 3. The fourth-order valence-electron chi connectivity index (χ4n) is 2.95. The quantitative estimate of drug-likeness (QED) is 0.912. The van der Waals surface area contributed by atoms with Crippen LogP contribution >= 0.6 is 0 Å². The van der Waals surface area contributed by atoms with Gasteiger partial charge < -0.3 is 14.6 Å². The monoisotopic (exact) mass is 277 g/mol. The number of carboxylic acids is 1. The van der Waals surface area contributed by atoms with E-state index >= 15 is 0 Å². The predicted octanol–water partition coefficient (Wildman–Crippen LogP) is 1.77. The molecule has 2 aliphatic rings. The van der Waals surface area contributed by atoms with Crippen LogP contribution in [0.25, 0.3) is 0 Å². The maximum absolute atomic E-state index is 11.5. The van der Waals surface area contributed by atoms with Crippen molar-refractivity contribution in [1.82, 2.24) is 4.90 Å². The largest absolute Gasteiger partial charge is 0.486 e. The number of carbonyl (C=O) groups is 1. The number of aliphatic carboxylic acids is 1. The summed E-state index contributed by atoms with van der Waals surface area (Å²) in [6.45, 7) is 3.63. The van der Waals surface area contributed by atoms with Crippen LogP contribution in [0.3, 0.4) is 0 Å². The van der Waals surface area contributed by atoms with E-state index in [0.29, 0.717) is 19.6 Å². The Kier molecular flexibility index (Phi) is 3.30. The third-order valence-corrected chi connectivity index (χ3v) is 4.24. The fraction of sp³-hybridized carbons (Fsp3) is 0.533. The zero-order chi connectivity index (χ0) is 14.2. The first-order valence-corrected chi connectivity index (χ1v) is 6.96. The lowest BCUT2D eigenvalue weighted by molar-refractivity contribution is -0.149. The molecule has 0 spiro atoms. The van der Waals surface area contributed by atoms with Crippen molar-refractivity contribution in [1.29, 1.82) is 0 Å². The van der Waals surface area contributed by atoms with E-state index in [2.05, 4.69) is 0 Å². The molecule has 5 heteroatoms. The van der Waals surface area contributed by atoms with Crippen LogP contribution in [0.5, 0.6) is 11.5 Å². The summed E-state index contributed by atoms with van der Waals surface area (Å²) in [5.41, 5.74) is -0.777. The van der Waals surface area contributed by atoms with Gasteiger partial charge in [-0.2, -0.15) is 0 Å². The Labute approximate surface area is 118 Å². The third-order valence-electron chi connectivity index (χ3n) is 4.24. The Balaban J connectivity index is 1.69. The van der Waals surface area contributed by atoms with Crippen molar-refractivity contribution in [2.24, 2.45) is 0 Å². The number of fused-ring (bicyclic) bond motifs is 1. The summed E-state index contributed by atoms with van der Waals surface area (Å²) in [5, 5.41) is 9.42. The Morgan fingerprint density at radius 1 is 1.45 bits per heavy atom. The standard InChI is InChI=1S/C15H19NO4/c1-15(14(17)18)7-4-8-16(15)9-11-10-19-12-5-2-3-6-13(12)20-11/h2-3,5-6,11H,4,7-10H2,1H3,(H,17,18). The lowest BCUT2D eigenvalue weighted by Gasteiger charge is -2.35. The molecule has 1 N–H and O–H groups in total. The Morgan fingerprint density at radius 2 is 2.20 bits per heavy atom. The minimum atomic E-state index is -0.777. The van der Waals surface area contributed by atoms with E-state index in [-0.39, 0.29) is 6.10 Å². The molecule has 2 unspecified atom stereocenters. The highest BCUT2D eigenvalue weighted by atomic mass is 16.6. The Bertz CT molecular complexity index is 518. The number of hydrogen-bond acceptors (Lipinski definition) is 4. The second-order valence-corrected chi connectivity index (χ2v) is 5.63. The first-order valence-electron chi connectivity index (χ1n) is 6.96. The van der Waals surface area contributed by atoms with E-state index < -0.39 is 11.5 Å². The van der Waals surface area contributed by atoms with E-state index in [4.69, 9.17) is 9.47 Å². The van der Waals surface area contributed by atoms with Gasteiger partial charge in [0.25, 0.3) is 0 Å². The number of benzene rings is 1. The highest BCUT2D eigenvalue weighted by Crippen LogP contribution is 2.33. The van der Waals surface area contributed by atoms with Crippen molar-refractivity contribution in [3.63, 3.8) is 0 Å². The van der Waals surface area contributed by atoms with E-state index in [1.807, 2.05) is 29.2 Å². The first kappa shape index (κ1) is 13.2. The van der Waals surface area contributed by atoms with Crippen molar-refractivity contribution < 1.29 is 19.4 Å². The molecule has 0 aliphatic carbocycles. The molecule has 0 aromatic heterocycles. The number of nitrogens with zero attached hydrogens (tertiary/aromatic N) is 1. The van der Waals surface area contributed by atoms with E-state index in [0.717, 1.165) is 24.5 Å². The van der Waals surface area contributed by atoms with Crippen LogP contribution in [-0.2, 0) is 4.79 Å². The van der Waals surface area contributed by atoms with Gasteiger partial charge in [-0.3, -0.25) is 9.69 Å². The van der Waals surface area contributed by atoms with Gasteiger partial charge in [-0.15, -0.1) is 0 Å². The lowest BCUT2D eigenvalue weighted by atomic mass is 9.99. The van der Waals surface area contributed by atoms with E-state index in [9.17, 15) is 9.90 Å². The molecule has 2 atom stereocenters. The lowest BCUT2D eigenvalue weighted by Crippen LogP contribution is -2.52. The summed E-state index contributed by atoms with van der Waals surface area (Å²) in [5.74, 6) is 0.735. The summed E-state index contributed by atoms with van der Waals surface area (Å²) in [6.07, 6.45) is 1.47. The number of likely N-dealkylation sites (tertiary alicyclic amines) is 1. The van der Waals surface area contributed by atoms with Gasteiger partial charge in [0.1, 0.15) is 18.2 Å². The van der Waals surface area contributed by atoms with Gasteiger partial charge in [0, 0.05) is 6.54 Å². The van der Waals surface area contributed by atoms with Crippen LogP contribution in [0.4, 0.5) is 0 Å². The molecule has 2 heterocycles. The zero-order valence-electron chi connectivity index (χ0n) is 11.5. The minimum absolute atomic E-state index is 0.123. The fourth-order valence-corrected chi connectivity index (χ4v) is 2.95. The van der Waals surface area contributed by atoms with Crippen LogP contribution in [0, 0.1) is 0 Å². The molecule has 1 fully saturated rings. The molecule has 0 bridgehead atoms. The van der Waals surface area contributed by atoms with Gasteiger partial charge in [0.15, 0.2) is 11.5 Å². The van der Waals surface area contributed by atoms with Crippen LogP contribution in [-0.4, -0.2) is 47.3 Å². The Hall–Kier alpha value is -1.75. The van der Waals surface area contributed by atoms with Crippen molar-refractivity contribution in [2.75, 3.05) is 19.7 Å². The summed E-state index contributed by atoms with van der Waals surface area (Å²) in [7, 11) is 0. The third kappa shape index (κ3) is 2.22. The van der Waals surface area contributed by atoms with E-state index in [1.54, 1.807) is 6.92 Å². The maximum atomic E-state index is 11.5. The number of ether oxygens (including phenoxy) is 2. The Morgan fingerprint density at radius 3 is 2.95 bits per heavy atom. The van der Waals surface area contributed by atoms with Crippen molar-refractivity contribution in [3.05, 3.63) is 24.3 Å². The SMILES string of the molecule is CC1(C(=O)O)CCCN1CC1COc2ccccc2O1. The second-order valence-electron chi connectivity index (χ2n) is 5.63. The molecule has 2 aliphatic heterocycles. The van der Waals surface area contributed by atoms with Crippen LogP contribution in [0.2, 0.25) is 0 Å². The smallest absolute Gasteiger partial charge is 0.323 e. The molecule has 1 saturated heterocycles. The normalized spacial score (nSPS) is 29.4. The van der Waals surface area contributed by atoms with Crippen LogP contribution in [0.15, 0.2) is 24.3 Å². The molecule has 0 radical (unpaired) electrons. The van der Waals surface area contributed by atoms with E-state index in [1.165, 1.54) is 0 Å². The summed E-state index contributed by atoms with van der Waals surface area (Å²) < 4.78 is 11.6. The van der Waals surface area contributed by atoms with Gasteiger partial charge in [0.05, 0.1) is 0 Å². The molecule has 108 valence electrons. The van der Waals surface area contributed by atoms with Gasteiger partial charge >= 0.3 is 5.97 Å². The number of hydrogen-bond donors (Lipinski definition) is 1. The molecule has 0 amide bonds. The zero-order valence-corrected chi connectivity index (χ0v) is 11.5. The molecule has 20 heavy (non-hydrogen) atoms. The van der Waals surface area contributed by atoms with Gasteiger partial charge in [0.2, 0.25) is 0 Å². The topological polar surface area (TPSA) is 59.0 Å². The van der Waals surface area contributed by atoms with Gasteiger partial charge in [-0.25, -0.2) is 0 Å². The predicted molar refractivity (Wildman–Crippen MR) is 73.2 cm³/mol. The van der Waals surface area contributed by atoms with Gasteiger partial charge in [-0.05, 0) is 38.4 Å². The van der Waals surface area contributed by atoms with Crippen molar-refractivity contribution >= 4 is 5.97 Å². The average molecular weight is 277 g/mol. The number of carboxylic acid groups (broad SMARTS) is 1. The van der Waals surface area contributed by atoms with Crippen molar-refractivity contribution in [3.8, 4) is 11.5 Å². The molecular formula is C15H19NO4. The molecule has 1 aromatic carbocycles. The molecule has 1 aromatic rings. The first-order chi connectivity index (χ1) is 9.59. The number of para-hydroxylation sites is 2. The van der Waals surface area contributed by atoms with Crippen molar-refractivity contribution in [2.45, 2.75) is 31.4 Å². The summed E-state index contributed by atoms with van der Waals surface area (Å²) >= 11 is 0. The molecular weight excluding hydrogens is 258 g/mol. The summed E-state index contributed by atoms with van der Waals surface area (Å²) in [4.78, 5) is 13.5. The summed E-state index contributed by atoms with van der Waals surface area (Å²) in [6, 6.07) is 7.57. The highest BCUT2D eigenvalue weighted by Gasteiger charge is 2.44. The minimum Gasteiger partial charge on any atom is -0.486 e. The average Bonchev–Trinajstić information content (AvgIpc) is 2.81. The molecule has 5 nitrogen and oxygen atoms in total. The maximum Gasteiger partial charge on any atom is 0.323 e.